The zero-order chi connectivity index (χ0) is 27.1. The van der Waals surface area contributed by atoms with Gasteiger partial charge in [0.05, 0.1) is 24.8 Å². The van der Waals surface area contributed by atoms with Crippen LogP contribution in [0, 0.1) is 0 Å². The van der Waals surface area contributed by atoms with Crippen molar-refractivity contribution < 1.29 is 63.2 Å². The van der Waals surface area contributed by atoms with Gasteiger partial charge >= 0.3 is 29.6 Å². The smallest absolute Gasteiger partial charge is 0.549 e. The van der Waals surface area contributed by atoms with Crippen LogP contribution in [0.4, 0.5) is 0 Å². The number of benzene rings is 3. The number of carboxylic acids is 1. The summed E-state index contributed by atoms with van der Waals surface area (Å²) in [5.74, 6) is -1.15. The molecule has 0 bridgehead atoms. The van der Waals surface area contributed by atoms with Crippen LogP contribution in [0.15, 0.2) is 60.7 Å². The van der Waals surface area contributed by atoms with Crippen LogP contribution in [-0.4, -0.2) is 45.0 Å². The van der Waals surface area contributed by atoms with Crippen molar-refractivity contribution in [2.24, 2.45) is 0 Å². The number of fused-ring (bicyclic) bond motifs is 1. The monoisotopic (exact) mass is 581 g/mol. The van der Waals surface area contributed by atoms with E-state index < -0.39 is 18.1 Å². The molecule has 1 aliphatic heterocycles. The largest absolute Gasteiger partial charge is 1.00 e. The molecule has 39 heavy (non-hydrogen) atoms. The predicted octanol–water partition coefficient (Wildman–Crippen LogP) is 1.37. The molecule has 0 aliphatic carbocycles. The van der Waals surface area contributed by atoms with E-state index in [2.05, 4.69) is 5.32 Å². The van der Waals surface area contributed by atoms with Crippen molar-refractivity contribution >= 4 is 35.1 Å². The van der Waals surface area contributed by atoms with Gasteiger partial charge in [0, 0.05) is 47.6 Å². The molecule has 0 radical (unpaired) electrons. The summed E-state index contributed by atoms with van der Waals surface area (Å²) >= 11 is 12.3. The number of ether oxygens (including phenoxy) is 4. The Morgan fingerprint density at radius 2 is 1.79 bits per heavy atom. The Bertz CT molecular complexity index is 1270. The summed E-state index contributed by atoms with van der Waals surface area (Å²) < 4.78 is 22.3. The summed E-state index contributed by atoms with van der Waals surface area (Å²) in [5, 5.41) is 15.2. The fourth-order valence-corrected chi connectivity index (χ4v) is 4.34. The molecule has 1 aliphatic rings. The molecule has 200 valence electrons. The molecule has 2 unspecified atom stereocenters. The summed E-state index contributed by atoms with van der Waals surface area (Å²) in [6.45, 7) is 0.963. The number of amides is 1. The van der Waals surface area contributed by atoms with Gasteiger partial charge in [0.1, 0.15) is 23.5 Å². The SMILES string of the molecule is COCCOC(Cc1ccc(Cl)cc1)NC(=O)c1ccc(Oc2cc3c(cc2Cl)C(C(=O)[O-])CCO3)cc1.[Na+]. The molecule has 0 saturated heterocycles. The van der Waals surface area contributed by atoms with Crippen molar-refractivity contribution in [2.75, 3.05) is 26.9 Å². The van der Waals surface area contributed by atoms with Gasteiger partial charge in [-0.05, 0) is 54.4 Å². The molecule has 0 spiro atoms. The standard InChI is InChI=1S/C28H27Cl2NO7.Na/c1-35-12-13-37-26(14-17-2-6-19(29)7-3-17)31-27(32)18-4-8-20(9-5-18)38-25-16-24-22(15-23(25)30)21(28(33)34)10-11-36-24;/h2-9,15-16,21,26H,10-14H2,1H3,(H,31,32)(H,33,34);/q;+1/p-1. The first-order valence-corrected chi connectivity index (χ1v) is 12.7. The topological polar surface area (TPSA) is 106 Å². The molecule has 4 rings (SSSR count). The van der Waals surface area contributed by atoms with Crippen LogP contribution >= 0.6 is 23.2 Å². The van der Waals surface area contributed by atoms with E-state index in [0.717, 1.165) is 5.56 Å². The van der Waals surface area contributed by atoms with Crippen molar-refractivity contribution in [1.29, 1.82) is 0 Å². The predicted molar refractivity (Wildman–Crippen MR) is 140 cm³/mol. The van der Waals surface area contributed by atoms with E-state index in [0.29, 0.717) is 59.5 Å². The van der Waals surface area contributed by atoms with Crippen LogP contribution in [0.2, 0.25) is 10.0 Å². The number of nitrogens with one attached hydrogen (secondary N) is 1. The van der Waals surface area contributed by atoms with Gasteiger partial charge in [0.25, 0.3) is 5.91 Å². The third-order valence-electron chi connectivity index (χ3n) is 5.97. The number of aliphatic carboxylic acids is 1. The van der Waals surface area contributed by atoms with E-state index >= 15 is 0 Å². The number of hydrogen-bond acceptors (Lipinski definition) is 7. The van der Waals surface area contributed by atoms with Crippen molar-refractivity contribution in [2.45, 2.75) is 25.0 Å². The minimum absolute atomic E-state index is 0. The number of carboxylic acid groups (broad SMARTS) is 1. The molecule has 1 heterocycles. The second-order valence-electron chi connectivity index (χ2n) is 8.61. The normalized spacial score (nSPS) is 14.8. The second kappa shape index (κ2) is 14.9. The third kappa shape index (κ3) is 8.59. The Balaban J connectivity index is 0.00000420. The first-order valence-electron chi connectivity index (χ1n) is 11.9. The number of halogens is 2. The summed E-state index contributed by atoms with van der Waals surface area (Å²) in [7, 11) is 1.58. The van der Waals surface area contributed by atoms with E-state index in [-0.39, 0.29) is 47.1 Å². The van der Waals surface area contributed by atoms with Gasteiger partial charge in [0.15, 0.2) is 0 Å². The molecule has 3 aromatic rings. The number of methoxy groups -OCH3 is 1. The van der Waals surface area contributed by atoms with Crippen molar-refractivity contribution in [3.8, 4) is 17.2 Å². The quantitative estimate of drug-likeness (QED) is 0.207. The van der Waals surface area contributed by atoms with Crippen molar-refractivity contribution in [3.05, 3.63) is 87.4 Å². The van der Waals surface area contributed by atoms with Crippen LogP contribution in [-0.2, 0) is 20.7 Å². The molecule has 3 aromatic carbocycles. The van der Waals surface area contributed by atoms with Crippen LogP contribution in [0.25, 0.3) is 0 Å². The van der Waals surface area contributed by atoms with E-state index in [4.69, 9.17) is 42.1 Å². The molecule has 0 saturated carbocycles. The maximum Gasteiger partial charge on any atom is 1.00 e. The minimum atomic E-state index is -1.17. The molecular formula is C28H26Cl2NNaO7. The molecule has 1 amide bonds. The maximum absolute atomic E-state index is 12.9. The average Bonchev–Trinajstić information content (AvgIpc) is 2.90. The zero-order valence-corrected chi connectivity index (χ0v) is 25.1. The van der Waals surface area contributed by atoms with Gasteiger partial charge < -0.3 is 34.2 Å². The van der Waals surface area contributed by atoms with Gasteiger partial charge in [0.2, 0.25) is 0 Å². The van der Waals surface area contributed by atoms with E-state index in [9.17, 15) is 14.7 Å². The van der Waals surface area contributed by atoms with E-state index in [1.54, 1.807) is 49.6 Å². The zero-order valence-electron chi connectivity index (χ0n) is 21.6. The Morgan fingerprint density at radius 3 is 2.46 bits per heavy atom. The van der Waals surface area contributed by atoms with Gasteiger partial charge in [-0.15, -0.1) is 0 Å². The fraction of sp³-hybridized carbons (Fsp3) is 0.286. The first-order chi connectivity index (χ1) is 18.3. The van der Waals surface area contributed by atoms with Crippen LogP contribution < -0.4 is 49.5 Å². The molecule has 0 fully saturated rings. The van der Waals surface area contributed by atoms with Gasteiger partial charge in [-0.1, -0.05) is 35.3 Å². The van der Waals surface area contributed by atoms with E-state index in [1.165, 1.54) is 6.07 Å². The molecular weight excluding hydrogens is 556 g/mol. The summed E-state index contributed by atoms with van der Waals surface area (Å²) in [6, 6.07) is 16.9. The van der Waals surface area contributed by atoms with Crippen molar-refractivity contribution in [1.82, 2.24) is 5.32 Å². The summed E-state index contributed by atoms with van der Waals surface area (Å²) in [5.41, 5.74) is 1.82. The Kier molecular flexibility index (Phi) is 11.9. The Hall–Kier alpha value is -2.30. The molecule has 11 heteroatoms. The number of carbonyl (C=O) groups is 2. The van der Waals surface area contributed by atoms with Gasteiger partial charge in [-0.3, -0.25) is 4.79 Å². The molecule has 0 aromatic heterocycles. The van der Waals surface area contributed by atoms with Crippen LogP contribution in [0.3, 0.4) is 0 Å². The van der Waals surface area contributed by atoms with Crippen LogP contribution in [0.5, 0.6) is 17.2 Å². The van der Waals surface area contributed by atoms with E-state index in [1.807, 2.05) is 12.1 Å². The first kappa shape index (κ1) is 31.2. The molecule has 8 nitrogen and oxygen atoms in total. The number of rotatable bonds is 11. The molecule has 1 N–H and O–H groups in total. The Labute approximate surface area is 258 Å². The minimum Gasteiger partial charge on any atom is -0.549 e. The summed E-state index contributed by atoms with van der Waals surface area (Å²) in [4.78, 5) is 24.4. The fourth-order valence-electron chi connectivity index (χ4n) is 4.00. The van der Waals surface area contributed by atoms with Gasteiger partial charge in [-0.25, -0.2) is 0 Å². The van der Waals surface area contributed by atoms with Crippen molar-refractivity contribution in [3.63, 3.8) is 0 Å². The number of carbonyl (C=O) groups excluding carboxylic acids is 2. The number of hydrogen-bond donors (Lipinski definition) is 1. The maximum atomic E-state index is 12.9. The third-order valence-corrected chi connectivity index (χ3v) is 6.51. The van der Waals surface area contributed by atoms with Gasteiger partial charge in [-0.2, -0.15) is 0 Å². The average molecular weight is 582 g/mol. The second-order valence-corrected chi connectivity index (χ2v) is 9.46. The van der Waals surface area contributed by atoms with Crippen LogP contribution in [0.1, 0.15) is 33.8 Å². The Morgan fingerprint density at radius 1 is 1.08 bits per heavy atom. The molecule has 2 atom stereocenters. The summed E-state index contributed by atoms with van der Waals surface area (Å²) in [6.07, 6.45) is 0.188.